The first-order valence-corrected chi connectivity index (χ1v) is 6.42. The second kappa shape index (κ2) is 6.10. The molecule has 20 heavy (non-hydrogen) atoms. The number of amides is 1. The molecule has 0 fully saturated rings. The molecule has 1 amide bonds. The molecule has 0 aliphatic heterocycles. The summed E-state index contributed by atoms with van der Waals surface area (Å²) >= 11 is 0. The normalized spacial score (nSPS) is 10.8. The Bertz CT molecular complexity index is 663. The van der Waals surface area contributed by atoms with Crippen LogP contribution in [-0.2, 0) is 4.79 Å². The van der Waals surface area contributed by atoms with E-state index in [-0.39, 0.29) is 5.91 Å². The zero-order chi connectivity index (χ0) is 14.5. The van der Waals surface area contributed by atoms with E-state index in [1.54, 1.807) is 0 Å². The fourth-order valence-electron chi connectivity index (χ4n) is 1.80. The van der Waals surface area contributed by atoms with Gasteiger partial charge in [-0.3, -0.25) is 4.79 Å². The minimum absolute atomic E-state index is 0.124. The lowest BCUT2D eigenvalue weighted by atomic mass is 10.2. The van der Waals surface area contributed by atoms with Gasteiger partial charge >= 0.3 is 0 Å². The van der Waals surface area contributed by atoms with Gasteiger partial charge in [0.15, 0.2) is 0 Å². The number of benzene rings is 2. The van der Waals surface area contributed by atoms with Crippen molar-refractivity contribution in [2.45, 2.75) is 20.8 Å². The molecule has 0 aliphatic carbocycles. The van der Waals surface area contributed by atoms with Crippen LogP contribution in [0.15, 0.2) is 52.7 Å². The number of hydrogen-bond donors (Lipinski definition) is 1. The van der Waals surface area contributed by atoms with Gasteiger partial charge in [-0.25, -0.2) is 0 Å². The zero-order valence-corrected chi connectivity index (χ0v) is 11.8. The maximum Gasteiger partial charge on any atom is 0.221 e. The molecular formula is C16H17N3O. The van der Waals surface area contributed by atoms with Gasteiger partial charge in [-0.1, -0.05) is 24.3 Å². The lowest BCUT2D eigenvalue weighted by Crippen LogP contribution is -2.05. The van der Waals surface area contributed by atoms with Crippen molar-refractivity contribution in [1.29, 1.82) is 0 Å². The molecule has 1 N–H and O–H groups in total. The molecule has 0 heterocycles. The van der Waals surface area contributed by atoms with Crippen molar-refractivity contribution in [3.63, 3.8) is 0 Å². The third-order valence-corrected chi connectivity index (χ3v) is 2.84. The number of carbonyl (C=O) groups excluding carboxylic acids is 1. The lowest BCUT2D eigenvalue weighted by molar-refractivity contribution is -0.114. The van der Waals surface area contributed by atoms with Crippen molar-refractivity contribution >= 4 is 23.0 Å². The number of azo groups is 1. The average Bonchev–Trinajstić information content (AvgIpc) is 2.40. The fourth-order valence-corrected chi connectivity index (χ4v) is 1.80. The summed E-state index contributed by atoms with van der Waals surface area (Å²) in [6.07, 6.45) is 0. The molecule has 102 valence electrons. The SMILES string of the molecule is CC(=O)Nc1ccc(C)cc1N=Nc1ccccc1C. The van der Waals surface area contributed by atoms with E-state index in [2.05, 4.69) is 15.5 Å². The number of hydrogen-bond acceptors (Lipinski definition) is 3. The highest BCUT2D eigenvalue weighted by Crippen LogP contribution is 2.29. The van der Waals surface area contributed by atoms with Crippen molar-refractivity contribution in [1.82, 2.24) is 0 Å². The number of anilines is 1. The van der Waals surface area contributed by atoms with Crippen molar-refractivity contribution in [2.75, 3.05) is 5.32 Å². The van der Waals surface area contributed by atoms with Crippen LogP contribution in [0, 0.1) is 13.8 Å². The first kappa shape index (κ1) is 13.9. The van der Waals surface area contributed by atoms with Crippen LogP contribution >= 0.6 is 0 Å². The van der Waals surface area contributed by atoms with E-state index in [0.29, 0.717) is 11.4 Å². The maximum atomic E-state index is 11.2. The highest BCUT2D eigenvalue weighted by Gasteiger charge is 2.04. The Hall–Kier alpha value is -2.49. The predicted molar refractivity (Wildman–Crippen MR) is 80.8 cm³/mol. The topological polar surface area (TPSA) is 53.8 Å². The number of carbonyl (C=O) groups is 1. The van der Waals surface area contributed by atoms with Crippen LogP contribution in [0.3, 0.4) is 0 Å². The molecule has 0 radical (unpaired) electrons. The highest BCUT2D eigenvalue weighted by molar-refractivity contribution is 5.92. The molecule has 0 bridgehead atoms. The van der Waals surface area contributed by atoms with Crippen molar-refractivity contribution in [3.8, 4) is 0 Å². The lowest BCUT2D eigenvalue weighted by Gasteiger charge is -2.06. The molecule has 0 atom stereocenters. The first-order valence-electron chi connectivity index (χ1n) is 6.42. The van der Waals surface area contributed by atoms with Crippen LogP contribution in [0.25, 0.3) is 0 Å². The Kier molecular flexibility index (Phi) is 4.25. The van der Waals surface area contributed by atoms with Crippen molar-refractivity contribution < 1.29 is 4.79 Å². The van der Waals surface area contributed by atoms with Gasteiger partial charge in [0.1, 0.15) is 5.69 Å². The largest absolute Gasteiger partial charge is 0.324 e. The molecule has 2 rings (SSSR count). The van der Waals surface area contributed by atoms with E-state index in [1.807, 2.05) is 56.3 Å². The molecule has 4 heteroatoms. The summed E-state index contributed by atoms with van der Waals surface area (Å²) in [5.41, 5.74) is 4.27. The van der Waals surface area contributed by atoms with Crippen molar-refractivity contribution in [3.05, 3.63) is 53.6 Å². The molecule has 4 nitrogen and oxygen atoms in total. The number of nitrogens with one attached hydrogen (secondary N) is 1. The van der Waals surface area contributed by atoms with Crippen LogP contribution in [0.1, 0.15) is 18.1 Å². The average molecular weight is 267 g/mol. The van der Waals surface area contributed by atoms with Crippen LogP contribution in [0.2, 0.25) is 0 Å². The summed E-state index contributed by atoms with van der Waals surface area (Å²) in [6.45, 7) is 5.44. The van der Waals surface area contributed by atoms with E-state index in [1.165, 1.54) is 6.92 Å². The molecular weight excluding hydrogens is 250 g/mol. The molecule has 0 saturated heterocycles. The van der Waals surface area contributed by atoms with E-state index in [4.69, 9.17) is 0 Å². The molecule has 0 saturated carbocycles. The smallest absolute Gasteiger partial charge is 0.221 e. The Morgan fingerprint density at radius 2 is 1.70 bits per heavy atom. The second-order valence-electron chi connectivity index (χ2n) is 4.69. The van der Waals surface area contributed by atoms with E-state index in [9.17, 15) is 4.79 Å². The van der Waals surface area contributed by atoms with Gasteiger partial charge in [-0.15, -0.1) is 5.11 Å². The summed E-state index contributed by atoms with van der Waals surface area (Å²) in [7, 11) is 0. The second-order valence-corrected chi connectivity index (χ2v) is 4.69. The fraction of sp³-hybridized carbons (Fsp3) is 0.188. The van der Waals surface area contributed by atoms with Crippen LogP contribution in [0.5, 0.6) is 0 Å². The molecule has 0 aliphatic rings. The number of rotatable bonds is 3. The summed E-state index contributed by atoms with van der Waals surface area (Å²) in [5, 5.41) is 11.3. The Morgan fingerprint density at radius 3 is 2.40 bits per heavy atom. The summed E-state index contributed by atoms with van der Waals surface area (Å²) < 4.78 is 0. The summed E-state index contributed by atoms with van der Waals surface area (Å²) in [5.74, 6) is -0.124. The van der Waals surface area contributed by atoms with Gasteiger partial charge in [0, 0.05) is 6.92 Å². The van der Waals surface area contributed by atoms with Crippen LogP contribution in [0.4, 0.5) is 17.1 Å². The van der Waals surface area contributed by atoms with E-state index in [0.717, 1.165) is 16.8 Å². The minimum Gasteiger partial charge on any atom is -0.324 e. The van der Waals surface area contributed by atoms with E-state index >= 15 is 0 Å². The highest BCUT2D eigenvalue weighted by atomic mass is 16.1. The van der Waals surface area contributed by atoms with Gasteiger partial charge in [0.2, 0.25) is 5.91 Å². The van der Waals surface area contributed by atoms with Gasteiger partial charge in [0.05, 0.1) is 11.4 Å². The molecule has 0 aromatic heterocycles. The molecule has 2 aromatic carbocycles. The third-order valence-electron chi connectivity index (χ3n) is 2.84. The monoisotopic (exact) mass is 267 g/mol. The van der Waals surface area contributed by atoms with Crippen LogP contribution < -0.4 is 5.32 Å². The molecule has 2 aromatic rings. The third kappa shape index (κ3) is 3.51. The quantitative estimate of drug-likeness (QED) is 0.807. The van der Waals surface area contributed by atoms with Gasteiger partial charge < -0.3 is 5.32 Å². The Morgan fingerprint density at radius 1 is 1.00 bits per heavy atom. The predicted octanol–water partition coefficient (Wildman–Crippen LogP) is 4.68. The van der Waals surface area contributed by atoms with Crippen LogP contribution in [-0.4, -0.2) is 5.91 Å². The Balaban J connectivity index is 2.35. The van der Waals surface area contributed by atoms with Gasteiger partial charge in [0.25, 0.3) is 0 Å². The van der Waals surface area contributed by atoms with Gasteiger partial charge in [-0.2, -0.15) is 5.11 Å². The standard InChI is InChI=1S/C16H17N3O/c1-11-8-9-15(17-13(3)20)16(10-11)19-18-14-7-5-4-6-12(14)2/h4-10H,1-3H3,(H,17,20). The summed E-state index contributed by atoms with van der Waals surface area (Å²) in [6, 6.07) is 13.4. The number of aryl methyl sites for hydroxylation is 2. The zero-order valence-electron chi connectivity index (χ0n) is 11.8. The van der Waals surface area contributed by atoms with E-state index < -0.39 is 0 Å². The Labute approximate surface area is 118 Å². The molecule has 0 spiro atoms. The summed E-state index contributed by atoms with van der Waals surface area (Å²) in [4.78, 5) is 11.2. The van der Waals surface area contributed by atoms with Crippen molar-refractivity contribution in [2.24, 2.45) is 10.2 Å². The minimum atomic E-state index is -0.124. The number of nitrogens with zero attached hydrogens (tertiary/aromatic N) is 2. The van der Waals surface area contributed by atoms with Gasteiger partial charge in [-0.05, 0) is 43.2 Å². The molecule has 0 unspecified atom stereocenters. The maximum absolute atomic E-state index is 11.2. The first-order chi connectivity index (χ1) is 9.56.